The molecule has 0 spiro atoms. The van der Waals surface area contributed by atoms with Crippen LogP contribution in [-0.4, -0.2) is 14.7 Å². The molecule has 2 aliphatic rings. The van der Waals surface area contributed by atoms with Gasteiger partial charge in [0.1, 0.15) is 11.5 Å². The molecule has 188 valence electrons. The molecule has 0 radical (unpaired) electrons. The van der Waals surface area contributed by atoms with Crippen LogP contribution in [0.5, 0.6) is 11.5 Å². The second kappa shape index (κ2) is 10.4. The predicted molar refractivity (Wildman–Crippen MR) is 152 cm³/mol. The highest BCUT2D eigenvalue weighted by Crippen LogP contribution is 2.42. The number of nitrogens with one attached hydrogen (secondary N) is 1. The highest BCUT2D eigenvalue weighted by atomic mass is 32.1. The molecule has 5 nitrogen and oxygen atoms in total. The average Bonchev–Trinajstić information content (AvgIpc) is 3.56. The van der Waals surface area contributed by atoms with Gasteiger partial charge in [0.25, 0.3) is 0 Å². The number of hydrogen-bond acceptors (Lipinski definition) is 3. The second-order valence-electron chi connectivity index (χ2n) is 10.1. The Bertz CT molecular complexity index is 1340. The first-order valence-electron chi connectivity index (χ1n) is 13.2. The first-order chi connectivity index (χ1) is 18.2. The summed E-state index contributed by atoms with van der Waals surface area (Å²) in [5.74, 6) is 1.63. The number of aromatic nitrogens is 2. The molecular weight excluding hydrogens is 476 g/mol. The summed E-state index contributed by atoms with van der Waals surface area (Å²) < 4.78 is 8.49. The van der Waals surface area contributed by atoms with Crippen molar-refractivity contribution in [3.05, 3.63) is 108 Å². The van der Waals surface area contributed by atoms with Gasteiger partial charge in [0.05, 0.1) is 17.8 Å². The minimum atomic E-state index is -0.0422. The molecule has 0 bridgehead atoms. The molecule has 2 atom stereocenters. The van der Waals surface area contributed by atoms with E-state index in [0.29, 0.717) is 11.2 Å². The largest absolute Gasteiger partial charge is 0.457 e. The van der Waals surface area contributed by atoms with Gasteiger partial charge in [-0.05, 0) is 92.1 Å². The van der Waals surface area contributed by atoms with Crippen LogP contribution in [0, 0.1) is 6.92 Å². The molecule has 2 aromatic heterocycles. The Kier molecular flexibility index (Phi) is 6.66. The standard InChI is InChI=1S/C31H32N4OS/c1-22-10-14-26(15-11-22)36-27-16-12-25(13-17-27)35-30(29(33-31(35)37)28-9-5-6-19-32-28)23-18-20-34(21-23)24-7-3-2-4-8-24/h5-6,9-21,24,29-30H,2-4,7-8H2,1H3,(H,33,37)/t29-,30-/m0/s1. The lowest BCUT2D eigenvalue weighted by atomic mass is 9.95. The molecule has 1 saturated heterocycles. The minimum absolute atomic E-state index is 0.00360. The van der Waals surface area contributed by atoms with E-state index < -0.39 is 0 Å². The van der Waals surface area contributed by atoms with Gasteiger partial charge in [-0.25, -0.2) is 0 Å². The molecular formula is C31H32N4OS. The summed E-state index contributed by atoms with van der Waals surface area (Å²) in [5.41, 5.74) is 4.47. The molecule has 2 fully saturated rings. The molecule has 37 heavy (non-hydrogen) atoms. The number of rotatable bonds is 6. The first kappa shape index (κ1) is 23.7. The third-order valence-electron chi connectivity index (χ3n) is 7.54. The van der Waals surface area contributed by atoms with Crippen molar-refractivity contribution in [2.75, 3.05) is 4.90 Å². The van der Waals surface area contributed by atoms with Crippen molar-refractivity contribution < 1.29 is 4.74 Å². The molecule has 6 rings (SSSR count). The zero-order valence-corrected chi connectivity index (χ0v) is 21.9. The lowest BCUT2D eigenvalue weighted by Crippen LogP contribution is -2.29. The smallest absolute Gasteiger partial charge is 0.174 e. The van der Waals surface area contributed by atoms with Gasteiger partial charge in [-0.3, -0.25) is 4.98 Å². The van der Waals surface area contributed by atoms with Crippen molar-refractivity contribution in [2.45, 2.75) is 57.2 Å². The molecule has 1 aliphatic heterocycles. The summed E-state index contributed by atoms with van der Waals surface area (Å²) in [6.07, 6.45) is 12.9. The summed E-state index contributed by atoms with van der Waals surface area (Å²) >= 11 is 5.91. The summed E-state index contributed by atoms with van der Waals surface area (Å²) in [6.45, 7) is 2.07. The molecule has 3 heterocycles. The SMILES string of the molecule is Cc1ccc(Oc2ccc(N3C(=S)N[C@@H](c4ccccn4)[C@@H]3c3ccn(C4CCCCC4)c3)cc2)cc1. The maximum absolute atomic E-state index is 6.07. The Morgan fingerprint density at radius 2 is 1.62 bits per heavy atom. The van der Waals surface area contributed by atoms with Gasteiger partial charge >= 0.3 is 0 Å². The minimum Gasteiger partial charge on any atom is -0.457 e. The third-order valence-corrected chi connectivity index (χ3v) is 7.86. The van der Waals surface area contributed by atoms with E-state index in [2.05, 4.69) is 75.5 Å². The van der Waals surface area contributed by atoms with E-state index in [9.17, 15) is 0 Å². The van der Waals surface area contributed by atoms with Crippen LogP contribution in [0.4, 0.5) is 5.69 Å². The molecule has 4 aromatic rings. The van der Waals surface area contributed by atoms with Gasteiger partial charge < -0.3 is 19.5 Å². The van der Waals surface area contributed by atoms with E-state index in [4.69, 9.17) is 17.0 Å². The summed E-state index contributed by atoms with van der Waals surface area (Å²) in [7, 11) is 0. The van der Waals surface area contributed by atoms with Crippen molar-refractivity contribution in [1.29, 1.82) is 0 Å². The fraction of sp³-hybridized carbons (Fsp3) is 0.290. The Morgan fingerprint density at radius 3 is 2.32 bits per heavy atom. The molecule has 1 saturated carbocycles. The Morgan fingerprint density at radius 1 is 0.892 bits per heavy atom. The third kappa shape index (κ3) is 4.98. The second-order valence-corrected chi connectivity index (χ2v) is 10.5. The number of aryl methyl sites for hydroxylation is 1. The van der Waals surface area contributed by atoms with Crippen LogP contribution >= 0.6 is 12.2 Å². The number of thiocarbonyl (C=S) groups is 1. The van der Waals surface area contributed by atoms with Crippen molar-refractivity contribution in [3.8, 4) is 11.5 Å². The average molecular weight is 509 g/mol. The normalized spacial score (nSPS) is 20.1. The number of pyridine rings is 1. The van der Waals surface area contributed by atoms with Crippen LogP contribution in [0.2, 0.25) is 0 Å². The van der Waals surface area contributed by atoms with Crippen LogP contribution < -0.4 is 15.0 Å². The first-order valence-corrected chi connectivity index (χ1v) is 13.6. The lowest BCUT2D eigenvalue weighted by Gasteiger charge is -2.28. The number of hydrogen-bond donors (Lipinski definition) is 1. The predicted octanol–water partition coefficient (Wildman–Crippen LogP) is 7.67. The topological polar surface area (TPSA) is 42.3 Å². The van der Waals surface area contributed by atoms with Crippen LogP contribution in [-0.2, 0) is 0 Å². The van der Waals surface area contributed by atoms with Crippen molar-refractivity contribution in [3.63, 3.8) is 0 Å². The van der Waals surface area contributed by atoms with E-state index in [1.54, 1.807) is 0 Å². The van der Waals surface area contributed by atoms with Crippen LogP contribution in [0.3, 0.4) is 0 Å². The van der Waals surface area contributed by atoms with E-state index in [-0.39, 0.29) is 12.1 Å². The Hall–Kier alpha value is -3.64. The molecule has 1 aliphatic carbocycles. The maximum Gasteiger partial charge on any atom is 0.174 e. The van der Waals surface area contributed by atoms with E-state index in [0.717, 1.165) is 22.9 Å². The fourth-order valence-corrected chi connectivity index (χ4v) is 5.95. The molecule has 6 heteroatoms. The van der Waals surface area contributed by atoms with Gasteiger partial charge in [0.2, 0.25) is 0 Å². The lowest BCUT2D eigenvalue weighted by molar-refractivity contribution is 0.353. The Labute approximate surface area is 224 Å². The van der Waals surface area contributed by atoms with Gasteiger partial charge in [0.15, 0.2) is 5.11 Å². The summed E-state index contributed by atoms with van der Waals surface area (Å²) in [5, 5.41) is 4.28. The molecule has 2 aromatic carbocycles. The number of benzene rings is 2. The van der Waals surface area contributed by atoms with Crippen LogP contribution in [0.15, 0.2) is 91.4 Å². The van der Waals surface area contributed by atoms with Crippen molar-refractivity contribution in [1.82, 2.24) is 14.9 Å². The van der Waals surface area contributed by atoms with Gasteiger partial charge in [-0.15, -0.1) is 0 Å². The van der Waals surface area contributed by atoms with E-state index in [1.807, 2.05) is 42.6 Å². The Balaban J connectivity index is 1.31. The van der Waals surface area contributed by atoms with Gasteiger partial charge in [0, 0.05) is 30.3 Å². The van der Waals surface area contributed by atoms with E-state index >= 15 is 0 Å². The quantitative estimate of drug-likeness (QED) is 0.271. The highest BCUT2D eigenvalue weighted by molar-refractivity contribution is 7.80. The monoisotopic (exact) mass is 508 g/mol. The van der Waals surface area contributed by atoms with Crippen molar-refractivity contribution >= 4 is 23.0 Å². The fourth-order valence-electron chi connectivity index (χ4n) is 5.60. The highest BCUT2D eigenvalue weighted by Gasteiger charge is 2.41. The van der Waals surface area contributed by atoms with Gasteiger partial charge in [-0.2, -0.15) is 0 Å². The van der Waals surface area contributed by atoms with Crippen molar-refractivity contribution in [2.24, 2.45) is 0 Å². The number of ether oxygens (including phenoxy) is 1. The van der Waals surface area contributed by atoms with Crippen LogP contribution in [0.1, 0.15) is 67.1 Å². The van der Waals surface area contributed by atoms with Crippen LogP contribution in [0.25, 0.3) is 0 Å². The summed E-state index contributed by atoms with van der Waals surface area (Å²) in [4.78, 5) is 6.91. The molecule has 0 unspecified atom stereocenters. The molecule has 1 N–H and O–H groups in total. The summed E-state index contributed by atoms with van der Waals surface area (Å²) in [6, 6.07) is 25.2. The van der Waals surface area contributed by atoms with E-state index in [1.165, 1.54) is 43.2 Å². The number of anilines is 1. The maximum atomic E-state index is 6.07. The molecule has 0 amide bonds. The zero-order chi connectivity index (χ0) is 25.2. The number of nitrogens with zero attached hydrogens (tertiary/aromatic N) is 3. The zero-order valence-electron chi connectivity index (χ0n) is 21.1. The van der Waals surface area contributed by atoms with Gasteiger partial charge in [-0.1, -0.05) is 43.0 Å².